The van der Waals surface area contributed by atoms with Gasteiger partial charge in [-0.3, -0.25) is 5.10 Å². The number of carbonyl (C=O) groups excluding carboxylic acids is 1. The molecule has 4 atom stereocenters. The Morgan fingerprint density at radius 1 is 1.18 bits per heavy atom. The maximum atomic E-state index is 13.4. The second-order valence-corrected chi connectivity index (χ2v) is 15.2. The van der Waals surface area contributed by atoms with Crippen LogP contribution in [0.2, 0.25) is 0 Å². The Bertz CT molecular complexity index is 1680. The molecule has 1 amide bonds. The van der Waals surface area contributed by atoms with E-state index in [9.17, 15) is 15.0 Å². The summed E-state index contributed by atoms with van der Waals surface area (Å²) in [6, 6.07) is 6.27. The topological polar surface area (TPSA) is 120 Å². The summed E-state index contributed by atoms with van der Waals surface area (Å²) in [5.74, 6) is 2.23. The number of fused-ring (bicyclic) bond motifs is 1. The van der Waals surface area contributed by atoms with Gasteiger partial charge in [0, 0.05) is 43.0 Å². The van der Waals surface area contributed by atoms with Crippen molar-refractivity contribution in [2.24, 2.45) is 29.1 Å². The summed E-state index contributed by atoms with van der Waals surface area (Å²) in [4.78, 5) is 26.0. The van der Waals surface area contributed by atoms with Crippen LogP contribution in [0.1, 0.15) is 65.5 Å². The van der Waals surface area contributed by atoms with E-state index in [1.807, 2.05) is 6.07 Å². The molecule has 1 aliphatic carbocycles. The minimum atomic E-state index is -0.748. The van der Waals surface area contributed by atoms with Crippen molar-refractivity contribution in [1.82, 2.24) is 19.5 Å². The van der Waals surface area contributed by atoms with Crippen molar-refractivity contribution in [2.75, 3.05) is 57.5 Å². The quantitative estimate of drug-likeness (QED) is 0.163. The summed E-state index contributed by atoms with van der Waals surface area (Å²) in [6.07, 6.45) is 4.44. The highest BCUT2D eigenvalue weighted by molar-refractivity contribution is 5.80. The van der Waals surface area contributed by atoms with Crippen LogP contribution >= 0.6 is 0 Å². The maximum absolute atomic E-state index is 13.4. The molecule has 1 aliphatic heterocycles. The number of aryl methyl sites for hydroxylation is 1. The third-order valence-corrected chi connectivity index (χ3v) is 10.2. The number of benzene rings is 1. The third kappa shape index (κ3) is 7.98. The number of H-pyrrole nitrogens is 1. The van der Waals surface area contributed by atoms with Crippen molar-refractivity contribution < 1.29 is 24.5 Å². The van der Waals surface area contributed by atoms with Gasteiger partial charge < -0.3 is 29.5 Å². The van der Waals surface area contributed by atoms with Gasteiger partial charge in [-0.05, 0) is 92.9 Å². The second-order valence-electron chi connectivity index (χ2n) is 15.2. The van der Waals surface area contributed by atoms with Gasteiger partial charge in [0.25, 0.3) is 5.69 Å². The first-order valence-corrected chi connectivity index (χ1v) is 17.6. The number of rotatable bonds is 10. The number of amides is 1. The predicted molar refractivity (Wildman–Crippen MR) is 192 cm³/mol. The van der Waals surface area contributed by atoms with Gasteiger partial charge in [-0.15, -0.1) is 0 Å². The van der Waals surface area contributed by atoms with Crippen LogP contribution in [0.3, 0.4) is 0 Å². The molecule has 4 unspecified atom stereocenters. The zero-order chi connectivity index (χ0) is 35.5. The monoisotopic (exact) mass is 674 g/mol. The number of hydrogen-bond donors (Lipinski definition) is 3. The first-order valence-electron chi connectivity index (χ1n) is 17.6. The number of morpholine rings is 1. The lowest BCUT2D eigenvalue weighted by atomic mass is 9.58. The Balaban J connectivity index is 1.63. The third-order valence-electron chi connectivity index (χ3n) is 10.2. The number of nitrogens with zero attached hydrogens (tertiary/aromatic N) is 5. The molecule has 5 rings (SSSR count). The highest BCUT2D eigenvalue weighted by Gasteiger charge is 2.42. The van der Waals surface area contributed by atoms with Crippen molar-refractivity contribution in [3.63, 3.8) is 0 Å². The minimum Gasteiger partial charge on any atom is -0.402 e. The fourth-order valence-corrected chi connectivity index (χ4v) is 7.99. The maximum Gasteiger partial charge on any atom is 0.415 e. The molecule has 3 heterocycles. The fraction of sp³-hybridized carbons (Fsp3) is 0.605. The first-order chi connectivity index (χ1) is 23.4. The number of aromatic nitrogens is 3. The second kappa shape index (κ2) is 15.4. The van der Waals surface area contributed by atoms with Crippen molar-refractivity contribution in [1.29, 1.82) is 0 Å². The smallest absolute Gasteiger partial charge is 0.402 e. The van der Waals surface area contributed by atoms with Crippen LogP contribution in [0.4, 0.5) is 16.2 Å². The Labute approximate surface area is 290 Å². The molecule has 3 aromatic rings. The lowest BCUT2D eigenvalue weighted by Gasteiger charge is -2.46. The molecule has 0 radical (unpaired) electrons. The zero-order valence-electron chi connectivity index (χ0n) is 30.3. The fourth-order valence-electron chi connectivity index (χ4n) is 7.99. The van der Waals surface area contributed by atoms with E-state index in [1.54, 1.807) is 4.52 Å². The molecule has 1 aromatic carbocycles. The molecular weight excluding hydrogens is 620 g/mol. The molecule has 3 N–H and O–H groups in total. The molecular formula is C38H54N6O5. The standard InChI is InChI=1S/C38H54N6O5/c1-24(2)19-28-20-25(3)21-31(38(5,6)7)29(28)23-30-33(39-8)36(49-37(47)43(11-15-45)12-16-46)44-35(30)40-34(41-44)27-9-10-32(26(4)22-27)42-13-17-48-18-14-42/h9-10,19,22,25,28-29,31,45-46H,11-18,20-21,23H2,1-7H3,(H,40,41). The van der Waals surface area contributed by atoms with Crippen molar-refractivity contribution >= 4 is 23.1 Å². The van der Waals surface area contributed by atoms with Gasteiger partial charge in [-0.25, -0.2) is 19.1 Å². The summed E-state index contributed by atoms with van der Waals surface area (Å²) in [5.41, 5.74) is 6.08. The summed E-state index contributed by atoms with van der Waals surface area (Å²) in [7, 11) is 0. The summed E-state index contributed by atoms with van der Waals surface area (Å²) < 4.78 is 13.2. The summed E-state index contributed by atoms with van der Waals surface area (Å²) >= 11 is 0. The largest absolute Gasteiger partial charge is 0.415 e. The lowest BCUT2D eigenvalue weighted by molar-refractivity contribution is 0.0521. The van der Waals surface area contributed by atoms with Gasteiger partial charge in [-0.1, -0.05) is 39.3 Å². The molecule has 11 nitrogen and oxygen atoms in total. The molecule has 266 valence electrons. The number of aliphatic hydroxyl groups is 2. The van der Waals surface area contributed by atoms with Crippen molar-refractivity contribution in [3.8, 4) is 17.3 Å². The molecule has 11 heteroatoms. The summed E-state index contributed by atoms with van der Waals surface area (Å²) in [6.45, 7) is 26.5. The van der Waals surface area contributed by atoms with E-state index in [2.05, 4.69) is 81.5 Å². The Morgan fingerprint density at radius 3 is 2.47 bits per heavy atom. The van der Waals surface area contributed by atoms with E-state index in [1.165, 1.54) is 10.5 Å². The number of ether oxygens (including phenoxy) is 2. The number of anilines is 1. The molecule has 0 spiro atoms. The van der Waals surface area contributed by atoms with Crippen LogP contribution in [0.25, 0.3) is 21.9 Å². The Kier molecular flexibility index (Phi) is 11.4. The van der Waals surface area contributed by atoms with Crippen LogP contribution in [0.15, 0.2) is 29.8 Å². The molecule has 2 aliphatic rings. The molecule has 1 saturated carbocycles. The van der Waals surface area contributed by atoms with E-state index in [0.717, 1.165) is 48.3 Å². The zero-order valence-corrected chi connectivity index (χ0v) is 30.3. The van der Waals surface area contributed by atoms with Crippen molar-refractivity contribution in [3.05, 3.63) is 52.4 Å². The lowest BCUT2D eigenvalue weighted by Crippen LogP contribution is -2.39. The molecule has 49 heavy (non-hydrogen) atoms. The first kappa shape index (κ1) is 36.4. The van der Waals surface area contributed by atoms with Gasteiger partial charge >= 0.3 is 6.09 Å². The minimum absolute atomic E-state index is 0.00494. The van der Waals surface area contributed by atoms with Crippen molar-refractivity contribution in [2.45, 2.75) is 67.7 Å². The van der Waals surface area contributed by atoms with Crippen LogP contribution < -0.4 is 9.64 Å². The van der Waals surface area contributed by atoms with Crippen LogP contribution in [-0.4, -0.2) is 88.4 Å². The van der Waals surface area contributed by atoms with Gasteiger partial charge in [0.05, 0.1) is 33.0 Å². The van der Waals surface area contributed by atoms with E-state index in [-0.39, 0.29) is 49.2 Å². The Morgan fingerprint density at radius 2 is 1.88 bits per heavy atom. The van der Waals surface area contributed by atoms with Crippen LogP contribution in [-0.2, 0) is 11.2 Å². The molecule has 1 saturated heterocycles. The van der Waals surface area contributed by atoms with Crippen LogP contribution in [0, 0.1) is 42.6 Å². The number of allylic oxidation sites excluding steroid dienone is 2. The van der Waals surface area contributed by atoms with E-state index in [0.29, 0.717) is 48.9 Å². The number of carbonyl (C=O) groups is 1. The van der Waals surface area contributed by atoms with E-state index in [4.69, 9.17) is 21.0 Å². The Hall–Kier alpha value is -3.85. The highest BCUT2D eigenvalue weighted by Crippen LogP contribution is 2.51. The molecule has 2 aromatic heterocycles. The van der Waals surface area contributed by atoms with Gasteiger partial charge in [0.1, 0.15) is 5.65 Å². The number of aromatic amines is 1. The van der Waals surface area contributed by atoms with Gasteiger partial charge in [0.15, 0.2) is 5.82 Å². The number of aliphatic hydroxyl groups excluding tert-OH is 2. The van der Waals surface area contributed by atoms with Gasteiger partial charge in [-0.2, -0.15) is 0 Å². The number of hydrogen-bond acceptors (Lipinski definition) is 7. The SMILES string of the molecule is [C-]#[N+]c1c(CC2C(C=C(C)C)CC(C)CC2C(C)(C)C)c2nc(-c3ccc(N4CCOCC4)c(C)c3)[nH]n2c1OC(=O)N(CCO)CCO. The molecule has 0 bridgehead atoms. The average molecular weight is 675 g/mol. The number of nitrogens with one attached hydrogen (secondary N) is 1. The normalized spacial score (nSPS) is 21.4. The van der Waals surface area contributed by atoms with Crippen LogP contribution in [0.5, 0.6) is 5.88 Å². The summed E-state index contributed by atoms with van der Waals surface area (Å²) in [5, 5.41) is 22.5. The average Bonchev–Trinajstić information content (AvgIpc) is 3.59. The van der Waals surface area contributed by atoms with Gasteiger partial charge in [0.2, 0.25) is 5.88 Å². The van der Waals surface area contributed by atoms with E-state index < -0.39 is 6.09 Å². The predicted octanol–water partition coefficient (Wildman–Crippen LogP) is 6.64. The highest BCUT2D eigenvalue weighted by atomic mass is 16.6. The van der Waals surface area contributed by atoms with E-state index >= 15 is 0 Å². The molecule has 2 fully saturated rings.